The highest BCUT2D eigenvalue weighted by Gasteiger charge is 2.24. The van der Waals surface area contributed by atoms with Crippen LogP contribution in [0.1, 0.15) is 29.5 Å². The number of carbonyl (C=O) groups excluding carboxylic acids is 1. The van der Waals surface area contributed by atoms with E-state index in [9.17, 15) is 14.4 Å². The molecule has 6 heteroatoms. The Morgan fingerprint density at radius 1 is 1.14 bits per heavy atom. The third-order valence-electron chi connectivity index (χ3n) is 5.45. The van der Waals surface area contributed by atoms with Gasteiger partial charge in [0.05, 0.1) is 10.9 Å². The molecule has 2 heterocycles. The average Bonchev–Trinajstić information content (AvgIpc) is 2.67. The monoisotopic (exact) mass is 377 g/mol. The highest BCUT2D eigenvalue weighted by atomic mass is 16.2. The summed E-state index contributed by atoms with van der Waals surface area (Å²) >= 11 is 0. The molecule has 0 radical (unpaired) electrons. The van der Waals surface area contributed by atoms with E-state index in [0.717, 1.165) is 24.1 Å². The maximum atomic E-state index is 13.0. The van der Waals surface area contributed by atoms with Crippen LogP contribution >= 0.6 is 0 Å². The molecule has 2 aromatic carbocycles. The minimum atomic E-state index is -0.484. The summed E-state index contributed by atoms with van der Waals surface area (Å²) in [6, 6.07) is 11.2. The highest BCUT2D eigenvalue weighted by molar-refractivity contribution is 5.95. The van der Waals surface area contributed by atoms with Gasteiger partial charge in [-0.1, -0.05) is 18.2 Å². The summed E-state index contributed by atoms with van der Waals surface area (Å²) in [5.74, 6) is -0.00636. The Bertz CT molecular complexity index is 1190. The van der Waals surface area contributed by atoms with Crippen molar-refractivity contribution in [3.05, 3.63) is 73.9 Å². The Hall–Kier alpha value is -3.15. The minimum absolute atomic E-state index is 0.00636. The molecule has 6 nitrogen and oxygen atoms in total. The first-order valence-electron chi connectivity index (χ1n) is 9.58. The number of aromatic amines is 1. The minimum Gasteiger partial charge on any atom is -0.312 e. The molecule has 1 amide bonds. The van der Waals surface area contributed by atoms with Crippen LogP contribution in [0.3, 0.4) is 0 Å². The van der Waals surface area contributed by atoms with Crippen molar-refractivity contribution in [2.75, 3.05) is 11.4 Å². The Morgan fingerprint density at radius 3 is 2.75 bits per heavy atom. The highest BCUT2D eigenvalue weighted by Crippen LogP contribution is 2.31. The Balaban J connectivity index is 1.63. The lowest BCUT2D eigenvalue weighted by Gasteiger charge is -2.31. The first-order valence-corrected chi connectivity index (χ1v) is 9.58. The van der Waals surface area contributed by atoms with E-state index < -0.39 is 11.2 Å². The first kappa shape index (κ1) is 18.2. The predicted molar refractivity (Wildman–Crippen MR) is 110 cm³/mol. The largest absolute Gasteiger partial charge is 0.328 e. The fourth-order valence-electron chi connectivity index (χ4n) is 4.14. The summed E-state index contributed by atoms with van der Waals surface area (Å²) in [6.07, 6.45) is 2.11. The second-order valence-electron chi connectivity index (χ2n) is 7.41. The summed E-state index contributed by atoms with van der Waals surface area (Å²) < 4.78 is 1.47. The van der Waals surface area contributed by atoms with Gasteiger partial charge in [0.25, 0.3) is 5.56 Å². The Labute approximate surface area is 162 Å². The van der Waals surface area contributed by atoms with Crippen molar-refractivity contribution in [1.29, 1.82) is 0 Å². The van der Waals surface area contributed by atoms with Crippen molar-refractivity contribution in [1.82, 2.24) is 9.55 Å². The number of anilines is 1. The van der Waals surface area contributed by atoms with Crippen molar-refractivity contribution in [2.45, 2.75) is 39.7 Å². The molecule has 1 aliphatic heterocycles. The summed E-state index contributed by atoms with van der Waals surface area (Å²) in [4.78, 5) is 41.5. The van der Waals surface area contributed by atoms with Gasteiger partial charge in [-0.2, -0.15) is 0 Å². The predicted octanol–water partition coefficient (Wildman–Crippen LogP) is 2.68. The first-order chi connectivity index (χ1) is 13.5. The fourth-order valence-corrected chi connectivity index (χ4v) is 4.14. The van der Waals surface area contributed by atoms with E-state index in [4.69, 9.17) is 0 Å². The summed E-state index contributed by atoms with van der Waals surface area (Å²) in [5, 5.41) is 0.448. The van der Waals surface area contributed by atoms with E-state index in [0.29, 0.717) is 17.4 Å². The Morgan fingerprint density at radius 2 is 1.93 bits per heavy atom. The van der Waals surface area contributed by atoms with Crippen LogP contribution < -0.4 is 16.1 Å². The Kier molecular flexibility index (Phi) is 4.63. The third kappa shape index (κ3) is 3.15. The van der Waals surface area contributed by atoms with Crippen molar-refractivity contribution >= 4 is 22.5 Å². The van der Waals surface area contributed by atoms with Crippen LogP contribution in [0.25, 0.3) is 10.9 Å². The molecule has 0 atom stereocenters. The van der Waals surface area contributed by atoms with Crippen LogP contribution in [0.15, 0.2) is 46.0 Å². The van der Waals surface area contributed by atoms with Gasteiger partial charge in [0.15, 0.2) is 0 Å². The standard InChI is InChI=1S/C22H23N3O3/c1-14-12-15(2)16-7-5-10-24(19(16)13-14)20(26)9-11-25-18-8-4-3-6-17(18)21(27)23-22(25)28/h3-4,6,8,12-13H,5,7,9-11H2,1-2H3,(H,23,27,28). The quantitative estimate of drug-likeness (QED) is 0.763. The van der Waals surface area contributed by atoms with E-state index in [1.165, 1.54) is 15.7 Å². The second kappa shape index (κ2) is 7.11. The summed E-state index contributed by atoms with van der Waals surface area (Å²) in [7, 11) is 0. The molecule has 1 aliphatic rings. The normalized spacial score (nSPS) is 13.6. The number of amides is 1. The maximum Gasteiger partial charge on any atom is 0.328 e. The van der Waals surface area contributed by atoms with Crippen molar-refractivity contribution < 1.29 is 4.79 Å². The zero-order valence-corrected chi connectivity index (χ0v) is 16.1. The molecule has 0 fully saturated rings. The van der Waals surface area contributed by atoms with Crippen LogP contribution in [-0.2, 0) is 17.8 Å². The number of nitrogens with zero attached hydrogens (tertiary/aromatic N) is 2. The van der Waals surface area contributed by atoms with Gasteiger partial charge in [-0.3, -0.25) is 19.1 Å². The summed E-state index contributed by atoms with van der Waals surface area (Å²) in [6.45, 7) is 5.05. The van der Waals surface area contributed by atoms with E-state index in [-0.39, 0.29) is 18.9 Å². The third-order valence-corrected chi connectivity index (χ3v) is 5.45. The van der Waals surface area contributed by atoms with Gasteiger partial charge in [0.2, 0.25) is 5.91 Å². The number of nitrogens with one attached hydrogen (secondary N) is 1. The number of rotatable bonds is 3. The van der Waals surface area contributed by atoms with Crippen molar-refractivity contribution in [3.8, 4) is 0 Å². The number of hydrogen-bond acceptors (Lipinski definition) is 3. The lowest BCUT2D eigenvalue weighted by molar-refractivity contribution is -0.118. The number of H-pyrrole nitrogens is 1. The lowest BCUT2D eigenvalue weighted by atomic mass is 9.95. The van der Waals surface area contributed by atoms with Crippen LogP contribution in [0.4, 0.5) is 5.69 Å². The van der Waals surface area contributed by atoms with Crippen molar-refractivity contribution in [3.63, 3.8) is 0 Å². The molecule has 144 valence electrons. The van der Waals surface area contributed by atoms with Gasteiger partial charge < -0.3 is 4.90 Å². The van der Waals surface area contributed by atoms with E-state index in [2.05, 4.69) is 24.0 Å². The van der Waals surface area contributed by atoms with Crippen LogP contribution in [0.2, 0.25) is 0 Å². The molecule has 0 unspecified atom stereocenters. The lowest BCUT2D eigenvalue weighted by Crippen LogP contribution is -2.37. The average molecular weight is 377 g/mol. The molecule has 1 aromatic heterocycles. The van der Waals surface area contributed by atoms with Gasteiger partial charge in [0.1, 0.15) is 0 Å². The van der Waals surface area contributed by atoms with Crippen LogP contribution in [0, 0.1) is 13.8 Å². The molecule has 0 bridgehead atoms. The molecule has 0 spiro atoms. The van der Waals surface area contributed by atoms with Crippen LogP contribution in [-0.4, -0.2) is 22.0 Å². The molecule has 4 rings (SSSR count). The number of carbonyl (C=O) groups is 1. The summed E-state index contributed by atoms with van der Waals surface area (Å²) in [5.41, 5.74) is 4.24. The molecule has 0 saturated heterocycles. The van der Waals surface area contributed by atoms with E-state index in [1.807, 2.05) is 11.8 Å². The topological polar surface area (TPSA) is 75.2 Å². The second-order valence-corrected chi connectivity index (χ2v) is 7.41. The van der Waals surface area contributed by atoms with Gasteiger partial charge in [-0.15, -0.1) is 0 Å². The molecular formula is C22H23N3O3. The maximum absolute atomic E-state index is 13.0. The molecule has 1 N–H and O–H groups in total. The number of fused-ring (bicyclic) bond motifs is 2. The van der Waals surface area contributed by atoms with E-state index in [1.54, 1.807) is 24.3 Å². The van der Waals surface area contributed by atoms with Crippen LogP contribution in [0.5, 0.6) is 0 Å². The molecule has 3 aromatic rings. The number of aryl methyl sites for hydroxylation is 3. The molecule has 0 saturated carbocycles. The van der Waals surface area contributed by atoms with Gasteiger partial charge in [-0.25, -0.2) is 4.79 Å². The van der Waals surface area contributed by atoms with Gasteiger partial charge >= 0.3 is 5.69 Å². The number of para-hydroxylation sites is 1. The zero-order valence-electron chi connectivity index (χ0n) is 16.1. The molecular weight excluding hydrogens is 354 g/mol. The molecule has 0 aliphatic carbocycles. The number of benzene rings is 2. The van der Waals surface area contributed by atoms with Gasteiger partial charge in [-0.05, 0) is 61.6 Å². The van der Waals surface area contributed by atoms with E-state index >= 15 is 0 Å². The zero-order chi connectivity index (χ0) is 19.8. The molecule has 28 heavy (non-hydrogen) atoms. The SMILES string of the molecule is Cc1cc(C)c2c(c1)N(C(=O)CCn1c(=O)[nH]c(=O)c3ccccc31)CCC2. The number of aromatic nitrogens is 2. The smallest absolute Gasteiger partial charge is 0.312 e. The number of hydrogen-bond donors (Lipinski definition) is 1. The fraction of sp³-hybridized carbons (Fsp3) is 0.318. The van der Waals surface area contributed by atoms with Gasteiger partial charge in [0, 0.05) is 25.2 Å². The van der Waals surface area contributed by atoms with Crippen molar-refractivity contribution in [2.24, 2.45) is 0 Å².